The zero-order valence-corrected chi connectivity index (χ0v) is 16.8. The molecule has 0 bridgehead atoms. The Morgan fingerprint density at radius 2 is 1.79 bits per heavy atom. The van der Waals surface area contributed by atoms with E-state index in [1.807, 2.05) is 51.1 Å². The number of rotatable bonds is 3. The lowest BCUT2D eigenvalue weighted by Gasteiger charge is -2.22. The molecule has 3 amide bonds. The maximum atomic E-state index is 13.1. The van der Waals surface area contributed by atoms with Crippen LogP contribution in [-0.4, -0.2) is 17.7 Å². The standard InChI is InChI=1S/C24H24N2O3/c1-14-11-12-17(13-16(14)3)25-22(27)18-8-4-5-10-20(18)26-23(28)19-9-6-7-15(2)21(19)24(26)29/h4-8,10-13,15,19,21H,9H2,1-3H3,(H,25,27)/t15-,19+,21+/m1/s1. The molecule has 2 aliphatic rings. The topological polar surface area (TPSA) is 66.5 Å². The van der Waals surface area contributed by atoms with Gasteiger partial charge in [-0.1, -0.05) is 37.3 Å². The highest BCUT2D eigenvalue weighted by Crippen LogP contribution is 2.41. The van der Waals surface area contributed by atoms with Crippen LogP contribution < -0.4 is 10.2 Å². The van der Waals surface area contributed by atoms with Gasteiger partial charge in [0, 0.05) is 5.69 Å². The maximum absolute atomic E-state index is 13.1. The second kappa shape index (κ2) is 7.32. The minimum absolute atomic E-state index is 0.00622. The minimum atomic E-state index is -0.358. The molecule has 1 aliphatic carbocycles. The van der Waals surface area contributed by atoms with E-state index in [0.717, 1.165) is 11.1 Å². The number of nitrogens with one attached hydrogen (secondary N) is 1. The van der Waals surface area contributed by atoms with Gasteiger partial charge in [-0.25, -0.2) is 4.90 Å². The molecule has 0 unspecified atom stereocenters. The molecule has 0 radical (unpaired) electrons. The third kappa shape index (κ3) is 3.27. The zero-order valence-electron chi connectivity index (χ0n) is 16.8. The number of para-hydroxylation sites is 1. The van der Waals surface area contributed by atoms with Gasteiger partial charge in [0.1, 0.15) is 0 Å². The van der Waals surface area contributed by atoms with Crippen molar-refractivity contribution in [1.29, 1.82) is 0 Å². The highest BCUT2D eigenvalue weighted by molar-refractivity contribution is 6.25. The molecule has 1 aliphatic heterocycles. The third-order valence-electron chi connectivity index (χ3n) is 6.03. The van der Waals surface area contributed by atoms with Gasteiger partial charge in [-0.15, -0.1) is 0 Å². The summed E-state index contributed by atoms with van der Waals surface area (Å²) in [4.78, 5) is 40.4. The number of imide groups is 1. The lowest BCUT2D eigenvalue weighted by atomic mass is 9.78. The van der Waals surface area contributed by atoms with E-state index < -0.39 is 0 Å². The molecule has 5 nitrogen and oxygen atoms in total. The molecule has 1 heterocycles. The number of fused-ring (bicyclic) bond motifs is 1. The van der Waals surface area contributed by atoms with Crippen LogP contribution in [0.3, 0.4) is 0 Å². The van der Waals surface area contributed by atoms with Gasteiger partial charge < -0.3 is 5.32 Å². The van der Waals surface area contributed by atoms with Crippen molar-refractivity contribution in [2.75, 3.05) is 10.2 Å². The third-order valence-corrected chi connectivity index (χ3v) is 6.03. The highest BCUT2D eigenvalue weighted by Gasteiger charge is 2.51. The average molecular weight is 388 g/mol. The molecule has 148 valence electrons. The first-order valence-corrected chi connectivity index (χ1v) is 9.90. The Morgan fingerprint density at radius 3 is 2.52 bits per heavy atom. The summed E-state index contributed by atoms with van der Waals surface area (Å²) in [5, 5.41) is 2.89. The second-order valence-electron chi connectivity index (χ2n) is 7.94. The van der Waals surface area contributed by atoms with E-state index in [2.05, 4.69) is 5.32 Å². The lowest BCUT2D eigenvalue weighted by molar-refractivity contribution is -0.122. The number of aryl methyl sites for hydroxylation is 2. The summed E-state index contributed by atoms with van der Waals surface area (Å²) in [6, 6.07) is 12.5. The van der Waals surface area contributed by atoms with Gasteiger partial charge in [-0.3, -0.25) is 14.4 Å². The Bertz CT molecular complexity index is 1040. The molecule has 1 N–H and O–H groups in total. The summed E-state index contributed by atoms with van der Waals surface area (Å²) in [6.45, 7) is 5.95. The van der Waals surface area contributed by atoms with Crippen molar-refractivity contribution in [2.45, 2.75) is 27.2 Å². The van der Waals surface area contributed by atoms with Gasteiger partial charge in [-0.05, 0) is 61.6 Å². The van der Waals surface area contributed by atoms with E-state index in [1.165, 1.54) is 4.90 Å². The molecular formula is C24H24N2O3. The van der Waals surface area contributed by atoms with Gasteiger partial charge in [0.05, 0.1) is 23.1 Å². The molecule has 3 atom stereocenters. The van der Waals surface area contributed by atoms with Crippen molar-refractivity contribution in [3.63, 3.8) is 0 Å². The summed E-state index contributed by atoms with van der Waals surface area (Å²) in [5.74, 6) is -1.48. The average Bonchev–Trinajstić information content (AvgIpc) is 2.96. The smallest absolute Gasteiger partial charge is 0.257 e. The van der Waals surface area contributed by atoms with Crippen LogP contribution in [0.15, 0.2) is 54.6 Å². The first kappa shape index (κ1) is 19.1. The van der Waals surface area contributed by atoms with Crippen molar-refractivity contribution >= 4 is 29.1 Å². The second-order valence-corrected chi connectivity index (χ2v) is 7.94. The number of hydrogen-bond acceptors (Lipinski definition) is 3. The van der Waals surface area contributed by atoms with Gasteiger partial charge in [0.15, 0.2) is 0 Å². The summed E-state index contributed by atoms with van der Waals surface area (Å²) >= 11 is 0. The van der Waals surface area contributed by atoms with E-state index in [-0.39, 0.29) is 35.5 Å². The fourth-order valence-electron chi connectivity index (χ4n) is 4.26. The molecular weight excluding hydrogens is 364 g/mol. The molecule has 1 fully saturated rings. The van der Waals surface area contributed by atoms with Crippen molar-refractivity contribution in [3.05, 3.63) is 71.3 Å². The molecule has 5 heteroatoms. The first-order valence-electron chi connectivity index (χ1n) is 9.90. The van der Waals surface area contributed by atoms with Crippen molar-refractivity contribution in [3.8, 4) is 0 Å². The number of benzene rings is 2. The summed E-state index contributed by atoms with van der Waals surface area (Å²) in [6.07, 6.45) is 4.53. The molecule has 0 spiro atoms. The number of amides is 3. The Hall–Kier alpha value is -3.21. The predicted octanol–water partition coefficient (Wildman–Crippen LogP) is 4.26. The van der Waals surface area contributed by atoms with Crippen LogP contribution in [0, 0.1) is 31.6 Å². The number of nitrogens with zero attached hydrogens (tertiary/aromatic N) is 1. The largest absolute Gasteiger partial charge is 0.322 e. The fourth-order valence-corrected chi connectivity index (χ4v) is 4.26. The molecule has 29 heavy (non-hydrogen) atoms. The van der Waals surface area contributed by atoms with Gasteiger partial charge in [-0.2, -0.15) is 0 Å². The van der Waals surface area contributed by atoms with Gasteiger partial charge in [0.25, 0.3) is 5.91 Å². The number of carbonyl (C=O) groups is 3. The van der Waals surface area contributed by atoms with Gasteiger partial charge in [0.2, 0.25) is 11.8 Å². The van der Waals surface area contributed by atoms with Crippen LogP contribution >= 0.6 is 0 Å². The monoisotopic (exact) mass is 388 g/mol. The van der Waals surface area contributed by atoms with E-state index in [9.17, 15) is 14.4 Å². The van der Waals surface area contributed by atoms with Crippen LogP contribution in [0.4, 0.5) is 11.4 Å². The van der Waals surface area contributed by atoms with Crippen LogP contribution in [0.2, 0.25) is 0 Å². The summed E-state index contributed by atoms with van der Waals surface area (Å²) in [7, 11) is 0. The number of hydrogen-bond donors (Lipinski definition) is 1. The molecule has 0 aromatic heterocycles. The summed E-state index contributed by atoms with van der Waals surface area (Å²) < 4.78 is 0. The minimum Gasteiger partial charge on any atom is -0.322 e. The number of carbonyl (C=O) groups excluding carboxylic acids is 3. The molecule has 4 rings (SSSR count). The normalized spacial score (nSPS) is 23.3. The Labute approximate surface area is 170 Å². The number of anilines is 2. The van der Waals surface area contributed by atoms with Crippen LogP contribution in [0.25, 0.3) is 0 Å². The van der Waals surface area contributed by atoms with Crippen molar-refractivity contribution in [2.24, 2.45) is 17.8 Å². The molecule has 1 saturated heterocycles. The van der Waals surface area contributed by atoms with E-state index in [4.69, 9.17) is 0 Å². The Kier molecular flexibility index (Phi) is 4.82. The first-order chi connectivity index (χ1) is 13.9. The van der Waals surface area contributed by atoms with Crippen LogP contribution in [0.5, 0.6) is 0 Å². The number of allylic oxidation sites excluding steroid dienone is 2. The summed E-state index contributed by atoms with van der Waals surface area (Å²) in [5.41, 5.74) is 3.56. The van der Waals surface area contributed by atoms with Crippen LogP contribution in [0.1, 0.15) is 34.8 Å². The molecule has 2 aromatic rings. The Balaban J connectivity index is 1.66. The van der Waals surface area contributed by atoms with Gasteiger partial charge >= 0.3 is 0 Å². The van der Waals surface area contributed by atoms with E-state index in [1.54, 1.807) is 24.3 Å². The fraction of sp³-hybridized carbons (Fsp3) is 0.292. The zero-order chi connectivity index (χ0) is 20.7. The lowest BCUT2D eigenvalue weighted by Crippen LogP contribution is -2.33. The van der Waals surface area contributed by atoms with Crippen molar-refractivity contribution in [1.82, 2.24) is 0 Å². The predicted molar refractivity (Wildman–Crippen MR) is 113 cm³/mol. The molecule has 0 saturated carbocycles. The van der Waals surface area contributed by atoms with Crippen LogP contribution in [-0.2, 0) is 9.59 Å². The maximum Gasteiger partial charge on any atom is 0.257 e. The Morgan fingerprint density at radius 1 is 1.03 bits per heavy atom. The van der Waals surface area contributed by atoms with E-state index >= 15 is 0 Å². The van der Waals surface area contributed by atoms with Crippen molar-refractivity contribution < 1.29 is 14.4 Å². The SMILES string of the molecule is Cc1ccc(NC(=O)c2ccccc2N2C(=O)[C@H]3[C@H](C)C=CC[C@@H]3C2=O)cc1C. The van der Waals surface area contributed by atoms with E-state index in [0.29, 0.717) is 23.4 Å². The quantitative estimate of drug-likeness (QED) is 0.631. The highest BCUT2D eigenvalue weighted by atomic mass is 16.2. The molecule has 2 aromatic carbocycles.